The van der Waals surface area contributed by atoms with E-state index in [0.29, 0.717) is 11.1 Å². The van der Waals surface area contributed by atoms with Crippen molar-refractivity contribution in [3.05, 3.63) is 144 Å². The number of aromatic nitrogens is 2. The maximum absolute atomic E-state index is 10.1. The highest BCUT2D eigenvalue weighted by Gasteiger charge is 2.19. The normalized spacial score (nSPS) is 11.3. The first-order chi connectivity index (χ1) is 21.2. The molecule has 43 heavy (non-hydrogen) atoms. The van der Waals surface area contributed by atoms with Crippen LogP contribution in [0.1, 0.15) is 16.7 Å². The van der Waals surface area contributed by atoms with Crippen LogP contribution in [-0.4, -0.2) is 9.13 Å². The van der Waals surface area contributed by atoms with Gasteiger partial charge >= 0.3 is 0 Å². The van der Waals surface area contributed by atoms with Gasteiger partial charge in [0.2, 0.25) is 0 Å². The Morgan fingerprint density at radius 1 is 0.488 bits per heavy atom. The van der Waals surface area contributed by atoms with Crippen molar-refractivity contribution in [2.75, 3.05) is 0 Å². The molecule has 8 rings (SSSR count). The second kappa shape index (κ2) is 9.48. The van der Waals surface area contributed by atoms with E-state index in [2.05, 4.69) is 124 Å². The molecule has 0 saturated heterocycles. The fourth-order valence-electron chi connectivity index (χ4n) is 6.62. The van der Waals surface area contributed by atoms with Gasteiger partial charge in [-0.25, -0.2) is 0 Å². The molecule has 0 amide bonds. The van der Waals surface area contributed by atoms with Gasteiger partial charge in [-0.15, -0.1) is 0 Å². The van der Waals surface area contributed by atoms with Crippen LogP contribution >= 0.6 is 0 Å². The minimum atomic E-state index is 0.488. The minimum absolute atomic E-state index is 0.488. The summed E-state index contributed by atoms with van der Waals surface area (Å²) < 4.78 is 4.51. The van der Waals surface area contributed by atoms with Crippen LogP contribution in [0.2, 0.25) is 0 Å². The van der Waals surface area contributed by atoms with Crippen molar-refractivity contribution in [2.45, 2.75) is 6.92 Å². The average Bonchev–Trinajstić information content (AvgIpc) is 3.56. The summed E-state index contributed by atoms with van der Waals surface area (Å²) in [7, 11) is 0. The second-order valence-electron chi connectivity index (χ2n) is 10.9. The van der Waals surface area contributed by atoms with Gasteiger partial charge < -0.3 is 9.13 Å². The standard InChI is InChI=1S/C39H24N4/c1-25-19-26(23-40)20-29(24-41)39(25)43-36-14-8-6-12-32(36)34-21-27(16-18-37(34)43)28-15-17-33-31-11-5-7-13-35(31)42(38(33)22-28)30-9-3-2-4-10-30/h2-22H,1H3. The molecule has 0 N–H and O–H groups in total. The van der Waals surface area contributed by atoms with Crippen LogP contribution in [0.25, 0.3) is 66.1 Å². The molecule has 2 aromatic heterocycles. The van der Waals surface area contributed by atoms with Crippen molar-refractivity contribution in [1.82, 2.24) is 9.13 Å². The van der Waals surface area contributed by atoms with E-state index < -0.39 is 0 Å². The fraction of sp³-hybridized carbons (Fsp3) is 0.0256. The monoisotopic (exact) mass is 548 g/mol. The molecule has 0 aliphatic carbocycles. The number of aryl methyl sites for hydroxylation is 1. The molecule has 8 aromatic rings. The Balaban J connectivity index is 1.38. The number of benzene rings is 6. The maximum atomic E-state index is 10.1. The summed E-state index contributed by atoms with van der Waals surface area (Å²) in [5.74, 6) is 0. The third kappa shape index (κ3) is 3.68. The van der Waals surface area contributed by atoms with Crippen LogP contribution in [-0.2, 0) is 0 Å². The van der Waals surface area contributed by atoms with E-state index >= 15 is 0 Å². The quantitative estimate of drug-likeness (QED) is 0.221. The van der Waals surface area contributed by atoms with E-state index in [1.807, 2.05) is 25.1 Å². The van der Waals surface area contributed by atoms with E-state index in [-0.39, 0.29) is 0 Å². The van der Waals surface area contributed by atoms with Crippen molar-refractivity contribution >= 4 is 43.6 Å². The average molecular weight is 549 g/mol. The van der Waals surface area contributed by atoms with Gasteiger partial charge in [-0.3, -0.25) is 0 Å². The number of rotatable bonds is 3. The lowest BCUT2D eigenvalue weighted by Gasteiger charge is -2.14. The van der Waals surface area contributed by atoms with Crippen molar-refractivity contribution in [2.24, 2.45) is 0 Å². The van der Waals surface area contributed by atoms with Gasteiger partial charge in [0, 0.05) is 27.2 Å². The molecule has 0 unspecified atom stereocenters. The van der Waals surface area contributed by atoms with Gasteiger partial charge in [0.05, 0.1) is 45.0 Å². The summed E-state index contributed by atoms with van der Waals surface area (Å²) in [6, 6.07) is 48.8. The van der Waals surface area contributed by atoms with Crippen LogP contribution in [0.4, 0.5) is 0 Å². The van der Waals surface area contributed by atoms with Gasteiger partial charge in [-0.1, -0.05) is 72.8 Å². The Morgan fingerprint density at radius 2 is 1.09 bits per heavy atom. The molecular weight excluding hydrogens is 524 g/mol. The molecule has 0 aliphatic rings. The molecule has 0 atom stereocenters. The summed E-state index contributed by atoms with van der Waals surface area (Å²) in [5.41, 5.74) is 10.5. The number of nitriles is 2. The van der Waals surface area contributed by atoms with E-state index in [0.717, 1.165) is 49.9 Å². The zero-order chi connectivity index (χ0) is 29.1. The summed E-state index contributed by atoms with van der Waals surface area (Å²) in [5, 5.41) is 24.3. The lowest BCUT2D eigenvalue weighted by molar-refractivity contribution is 1.13. The molecule has 2 heterocycles. The molecule has 0 aliphatic heterocycles. The Morgan fingerprint density at radius 3 is 1.84 bits per heavy atom. The maximum Gasteiger partial charge on any atom is 0.101 e. The molecule has 0 fully saturated rings. The third-order valence-electron chi connectivity index (χ3n) is 8.47. The largest absolute Gasteiger partial charge is 0.309 e. The zero-order valence-electron chi connectivity index (χ0n) is 23.4. The van der Waals surface area contributed by atoms with Gasteiger partial charge in [0.25, 0.3) is 0 Å². The Bertz CT molecular complexity index is 2480. The predicted molar refractivity (Wildman–Crippen MR) is 175 cm³/mol. The minimum Gasteiger partial charge on any atom is -0.309 e. The number of hydrogen-bond acceptors (Lipinski definition) is 2. The number of hydrogen-bond donors (Lipinski definition) is 0. The Labute approximate surface area is 248 Å². The highest BCUT2D eigenvalue weighted by atomic mass is 15.0. The second-order valence-corrected chi connectivity index (χ2v) is 10.9. The SMILES string of the molecule is Cc1cc(C#N)cc(C#N)c1-n1c2ccccc2c2cc(-c3ccc4c5ccccc5n(-c5ccccc5)c4c3)ccc21. The molecule has 0 bridgehead atoms. The van der Waals surface area contributed by atoms with E-state index in [9.17, 15) is 10.5 Å². The lowest BCUT2D eigenvalue weighted by atomic mass is 10.0. The summed E-state index contributed by atoms with van der Waals surface area (Å²) >= 11 is 0. The topological polar surface area (TPSA) is 57.4 Å². The van der Waals surface area contributed by atoms with Gasteiger partial charge in [0.15, 0.2) is 0 Å². The van der Waals surface area contributed by atoms with Gasteiger partial charge in [0.1, 0.15) is 6.07 Å². The number of fused-ring (bicyclic) bond motifs is 6. The van der Waals surface area contributed by atoms with Crippen LogP contribution in [0.3, 0.4) is 0 Å². The first-order valence-electron chi connectivity index (χ1n) is 14.2. The van der Waals surface area contributed by atoms with Gasteiger partial charge in [-0.05, 0) is 78.2 Å². The summed E-state index contributed by atoms with van der Waals surface area (Å²) in [6.07, 6.45) is 0. The van der Waals surface area contributed by atoms with Crippen LogP contribution in [0.5, 0.6) is 0 Å². The number of nitrogens with zero attached hydrogens (tertiary/aromatic N) is 4. The molecule has 4 nitrogen and oxygen atoms in total. The van der Waals surface area contributed by atoms with E-state index in [1.165, 1.54) is 21.8 Å². The molecular formula is C39H24N4. The van der Waals surface area contributed by atoms with Crippen LogP contribution in [0, 0.1) is 29.6 Å². The van der Waals surface area contributed by atoms with Crippen molar-refractivity contribution < 1.29 is 0 Å². The van der Waals surface area contributed by atoms with E-state index in [4.69, 9.17) is 0 Å². The molecule has 0 spiro atoms. The lowest BCUT2D eigenvalue weighted by Crippen LogP contribution is -2.01. The molecule has 4 heteroatoms. The Hall–Kier alpha value is -6.10. The Kier molecular flexibility index (Phi) is 5.44. The molecule has 0 radical (unpaired) electrons. The predicted octanol–water partition coefficient (Wildman–Crippen LogP) is 9.60. The highest BCUT2D eigenvalue weighted by Crippen LogP contribution is 2.39. The first-order valence-corrected chi connectivity index (χ1v) is 14.2. The van der Waals surface area contributed by atoms with Crippen LogP contribution in [0.15, 0.2) is 127 Å². The van der Waals surface area contributed by atoms with E-state index in [1.54, 1.807) is 6.07 Å². The molecule has 6 aromatic carbocycles. The zero-order valence-corrected chi connectivity index (χ0v) is 23.4. The molecule has 200 valence electrons. The van der Waals surface area contributed by atoms with Crippen molar-refractivity contribution in [3.63, 3.8) is 0 Å². The highest BCUT2D eigenvalue weighted by molar-refractivity contribution is 6.12. The summed E-state index contributed by atoms with van der Waals surface area (Å²) in [4.78, 5) is 0. The third-order valence-corrected chi connectivity index (χ3v) is 8.47. The van der Waals surface area contributed by atoms with Gasteiger partial charge in [-0.2, -0.15) is 10.5 Å². The van der Waals surface area contributed by atoms with Crippen molar-refractivity contribution in [3.8, 4) is 34.6 Å². The van der Waals surface area contributed by atoms with Crippen molar-refractivity contribution in [1.29, 1.82) is 10.5 Å². The fourth-order valence-corrected chi connectivity index (χ4v) is 6.62. The van der Waals surface area contributed by atoms with Crippen LogP contribution < -0.4 is 0 Å². The smallest absolute Gasteiger partial charge is 0.101 e. The molecule has 0 saturated carbocycles. The number of para-hydroxylation sites is 3. The first kappa shape index (κ1) is 24.7. The summed E-state index contributed by atoms with van der Waals surface area (Å²) in [6.45, 7) is 1.97.